The molecule has 0 amide bonds. The number of amidine groups is 1. The van der Waals surface area contributed by atoms with Gasteiger partial charge in [0.1, 0.15) is 4.34 Å². The number of nitrogens with one attached hydrogen (secondary N) is 1. The van der Waals surface area contributed by atoms with Gasteiger partial charge in [-0.1, -0.05) is 18.7 Å². The van der Waals surface area contributed by atoms with Crippen LogP contribution in [-0.2, 0) is 6.42 Å². The van der Waals surface area contributed by atoms with Crippen LogP contribution in [0.2, 0.25) is 0 Å². The van der Waals surface area contributed by atoms with Gasteiger partial charge in [-0.05, 0) is 5.75 Å². The van der Waals surface area contributed by atoms with E-state index in [4.69, 9.17) is 11.1 Å². The number of aromatic nitrogens is 1. The van der Waals surface area contributed by atoms with Crippen molar-refractivity contribution >= 4 is 28.9 Å². The molecule has 0 aliphatic carbocycles. The molecule has 0 fully saturated rings. The van der Waals surface area contributed by atoms with E-state index in [1.54, 1.807) is 23.1 Å². The predicted molar refractivity (Wildman–Crippen MR) is 54.1 cm³/mol. The molecule has 5 heteroatoms. The first-order chi connectivity index (χ1) is 5.72. The molecule has 1 heterocycles. The van der Waals surface area contributed by atoms with Gasteiger partial charge in [0.05, 0.1) is 11.5 Å². The molecular formula is C7H11N3S2. The van der Waals surface area contributed by atoms with Gasteiger partial charge in [0.2, 0.25) is 0 Å². The van der Waals surface area contributed by atoms with Gasteiger partial charge in [-0.25, -0.2) is 4.98 Å². The summed E-state index contributed by atoms with van der Waals surface area (Å²) in [6.07, 6.45) is 0.473. The maximum Gasteiger partial charge on any atom is 0.150 e. The van der Waals surface area contributed by atoms with E-state index in [1.165, 1.54) is 0 Å². The second-order valence-electron chi connectivity index (χ2n) is 2.24. The van der Waals surface area contributed by atoms with Crippen LogP contribution in [-0.4, -0.2) is 16.6 Å². The molecule has 0 spiro atoms. The number of hydrogen-bond acceptors (Lipinski definition) is 4. The van der Waals surface area contributed by atoms with E-state index >= 15 is 0 Å². The molecule has 3 N–H and O–H groups in total. The lowest BCUT2D eigenvalue weighted by Gasteiger charge is -1.91. The summed E-state index contributed by atoms with van der Waals surface area (Å²) in [6, 6.07) is 0. The fraction of sp³-hybridized carbons (Fsp3) is 0.429. The standard InChI is InChI=1S/C7H11N3S2/c1-2-11-7-10-5(4-12-7)3-6(8)9/h4H,2-3H2,1H3,(H3,8,9). The minimum Gasteiger partial charge on any atom is -0.387 e. The van der Waals surface area contributed by atoms with Crippen LogP contribution >= 0.6 is 23.1 Å². The van der Waals surface area contributed by atoms with E-state index in [0.29, 0.717) is 6.42 Å². The Morgan fingerprint density at radius 1 is 1.83 bits per heavy atom. The minimum atomic E-state index is 0.174. The lowest BCUT2D eigenvalue weighted by molar-refractivity contribution is 1.09. The summed E-state index contributed by atoms with van der Waals surface area (Å²) in [5.74, 6) is 1.21. The molecule has 0 aromatic carbocycles. The maximum atomic E-state index is 7.08. The zero-order chi connectivity index (χ0) is 8.97. The van der Waals surface area contributed by atoms with Crippen LogP contribution in [0.1, 0.15) is 12.6 Å². The van der Waals surface area contributed by atoms with Gasteiger partial charge in [-0.15, -0.1) is 11.3 Å². The van der Waals surface area contributed by atoms with E-state index < -0.39 is 0 Å². The fourth-order valence-electron chi connectivity index (χ4n) is 0.754. The van der Waals surface area contributed by atoms with Crippen molar-refractivity contribution in [2.24, 2.45) is 5.73 Å². The predicted octanol–water partition coefficient (Wildman–Crippen LogP) is 1.73. The highest BCUT2D eigenvalue weighted by Gasteiger charge is 2.02. The molecule has 0 radical (unpaired) electrons. The Balaban J connectivity index is 2.58. The Labute approximate surface area is 79.9 Å². The van der Waals surface area contributed by atoms with E-state index in [2.05, 4.69) is 11.9 Å². The van der Waals surface area contributed by atoms with Gasteiger partial charge in [-0.2, -0.15) is 0 Å². The zero-order valence-electron chi connectivity index (χ0n) is 6.83. The van der Waals surface area contributed by atoms with Crippen LogP contribution in [0.15, 0.2) is 9.72 Å². The van der Waals surface area contributed by atoms with Gasteiger partial charge in [0, 0.05) is 11.8 Å². The van der Waals surface area contributed by atoms with Crippen molar-refractivity contribution in [3.05, 3.63) is 11.1 Å². The van der Waals surface area contributed by atoms with Crippen LogP contribution in [0.3, 0.4) is 0 Å². The van der Waals surface area contributed by atoms with E-state index in [0.717, 1.165) is 15.8 Å². The van der Waals surface area contributed by atoms with Crippen molar-refractivity contribution < 1.29 is 0 Å². The molecule has 1 aromatic heterocycles. The molecule has 0 bridgehead atoms. The summed E-state index contributed by atoms with van der Waals surface area (Å²) in [6.45, 7) is 2.09. The molecule has 1 rings (SSSR count). The van der Waals surface area contributed by atoms with E-state index in [-0.39, 0.29) is 5.84 Å². The van der Waals surface area contributed by atoms with Crippen LogP contribution in [0.4, 0.5) is 0 Å². The number of rotatable bonds is 4. The van der Waals surface area contributed by atoms with Gasteiger partial charge < -0.3 is 5.73 Å². The second-order valence-corrected chi connectivity index (χ2v) is 4.61. The average Bonchev–Trinajstić information content (AvgIpc) is 2.36. The number of thioether (sulfide) groups is 1. The summed E-state index contributed by atoms with van der Waals surface area (Å²) in [5, 5.41) is 9.04. The first-order valence-electron chi connectivity index (χ1n) is 3.62. The van der Waals surface area contributed by atoms with E-state index in [1.807, 2.05) is 5.38 Å². The first-order valence-corrected chi connectivity index (χ1v) is 5.49. The van der Waals surface area contributed by atoms with Crippen molar-refractivity contribution in [3.8, 4) is 0 Å². The third kappa shape index (κ3) is 2.83. The molecular weight excluding hydrogens is 190 g/mol. The summed E-state index contributed by atoms with van der Waals surface area (Å²) < 4.78 is 1.06. The van der Waals surface area contributed by atoms with Crippen LogP contribution in [0, 0.1) is 5.41 Å². The number of hydrogen-bond donors (Lipinski definition) is 2. The van der Waals surface area contributed by atoms with Crippen molar-refractivity contribution in [1.82, 2.24) is 4.98 Å². The highest BCUT2D eigenvalue weighted by Crippen LogP contribution is 2.22. The fourth-order valence-corrected chi connectivity index (χ4v) is 2.50. The van der Waals surface area contributed by atoms with Gasteiger partial charge in [0.25, 0.3) is 0 Å². The SMILES string of the molecule is CCSc1nc(CC(=N)N)cs1. The first kappa shape index (κ1) is 9.54. The number of thiazole rings is 1. The minimum absolute atomic E-state index is 0.174. The van der Waals surface area contributed by atoms with Gasteiger partial charge in [-0.3, -0.25) is 5.41 Å². The Hall–Kier alpha value is -0.550. The Morgan fingerprint density at radius 3 is 3.17 bits per heavy atom. The van der Waals surface area contributed by atoms with Crippen molar-refractivity contribution in [1.29, 1.82) is 5.41 Å². The zero-order valence-corrected chi connectivity index (χ0v) is 8.47. The highest BCUT2D eigenvalue weighted by molar-refractivity contribution is 8.00. The Bertz CT molecular complexity index is 269. The van der Waals surface area contributed by atoms with Crippen LogP contribution in [0.5, 0.6) is 0 Å². The van der Waals surface area contributed by atoms with Crippen molar-refractivity contribution in [3.63, 3.8) is 0 Å². The van der Waals surface area contributed by atoms with Crippen molar-refractivity contribution in [2.45, 2.75) is 17.7 Å². The Morgan fingerprint density at radius 2 is 2.58 bits per heavy atom. The molecule has 0 atom stereocenters. The van der Waals surface area contributed by atoms with Crippen LogP contribution < -0.4 is 5.73 Å². The average molecular weight is 201 g/mol. The number of nitrogens with two attached hydrogens (primary N) is 1. The smallest absolute Gasteiger partial charge is 0.150 e. The lowest BCUT2D eigenvalue weighted by Crippen LogP contribution is -2.12. The van der Waals surface area contributed by atoms with Gasteiger partial charge >= 0.3 is 0 Å². The molecule has 0 saturated heterocycles. The molecule has 0 aliphatic heterocycles. The molecule has 3 nitrogen and oxygen atoms in total. The van der Waals surface area contributed by atoms with Crippen molar-refractivity contribution in [2.75, 3.05) is 5.75 Å². The summed E-state index contributed by atoms with van der Waals surface area (Å²) >= 11 is 3.34. The Kier molecular flexibility index (Phi) is 3.55. The third-order valence-electron chi connectivity index (χ3n) is 1.17. The molecule has 1 aromatic rings. The van der Waals surface area contributed by atoms with Crippen LogP contribution in [0.25, 0.3) is 0 Å². The maximum absolute atomic E-state index is 7.08. The molecule has 0 aliphatic rings. The summed E-state index contributed by atoms with van der Waals surface area (Å²) in [4.78, 5) is 4.30. The normalized spacial score (nSPS) is 10.1. The molecule has 66 valence electrons. The lowest BCUT2D eigenvalue weighted by atomic mass is 10.3. The molecule has 0 unspecified atom stereocenters. The monoisotopic (exact) mass is 201 g/mol. The molecule has 12 heavy (non-hydrogen) atoms. The second kappa shape index (κ2) is 4.47. The largest absolute Gasteiger partial charge is 0.387 e. The molecule has 0 saturated carbocycles. The quantitative estimate of drug-likeness (QED) is 0.443. The highest BCUT2D eigenvalue weighted by atomic mass is 32.2. The van der Waals surface area contributed by atoms with Gasteiger partial charge in [0.15, 0.2) is 0 Å². The van der Waals surface area contributed by atoms with E-state index in [9.17, 15) is 0 Å². The summed E-state index contributed by atoms with van der Waals surface area (Å²) in [7, 11) is 0. The number of nitrogens with zero attached hydrogens (tertiary/aromatic N) is 1. The topological polar surface area (TPSA) is 62.8 Å². The third-order valence-corrected chi connectivity index (χ3v) is 3.12. The summed E-state index contributed by atoms with van der Waals surface area (Å²) in [5.41, 5.74) is 6.15.